The predicted octanol–water partition coefficient (Wildman–Crippen LogP) is 2.40. The van der Waals surface area contributed by atoms with Gasteiger partial charge in [0.15, 0.2) is 17.3 Å². The van der Waals surface area contributed by atoms with Crippen LogP contribution < -0.4 is 25.0 Å². The average molecular weight is 451 g/mol. The second-order valence-electron chi connectivity index (χ2n) is 6.48. The second-order valence-corrected chi connectivity index (χ2v) is 6.48. The third-order valence-corrected chi connectivity index (χ3v) is 4.25. The summed E-state index contributed by atoms with van der Waals surface area (Å²) in [4.78, 5) is 36.0. The molecule has 3 aromatic rings. The molecule has 2 aromatic carbocycles. The molecule has 0 saturated heterocycles. The molecule has 10 nitrogen and oxygen atoms in total. The van der Waals surface area contributed by atoms with Gasteiger partial charge in [0.25, 0.3) is 11.8 Å². The van der Waals surface area contributed by atoms with Crippen LogP contribution in [0.2, 0.25) is 0 Å². The van der Waals surface area contributed by atoms with Crippen LogP contribution in [0.1, 0.15) is 26.5 Å². The molecule has 1 heterocycles. The fourth-order valence-corrected chi connectivity index (χ4v) is 2.63. The molecule has 0 aliphatic heterocycles. The van der Waals surface area contributed by atoms with Gasteiger partial charge in [-0.15, -0.1) is 0 Å². The molecule has 2 amide bonds. The molecule has 0 fully saturated rings. The van der Waals surface area contributed by atoms with Gasteiger partial charge in [-0.1, -0.05) is 6.07 Å². The average Bonchev–Trinajstić information content (AvgIpc) is 3.38. The van der Waals surface area contributed by atoms with Crippen LogP contribution in [0, 0.1) is 0 Å². The maximum atomic E-state index is 12.4. The largest absolute Gasteiger partial charge is 0.497 e. The predicted molar refractivity (Wildman–Crippen MR) is 118 cm³/mol. The molecule has 0 atom stereocenters. The number of hydrazone groups is 1. The summed E-state index contributed by atoms with van der Waals surface area (Å²) in [5.41, 5.74) is 3.20. The van der Waals surface area contributed by atoms with Crippen LogP contribution in [-0.2, 0) is 4.79 Å². The van der Waals surface area contributed by atoms with E-state index in [1.807, 2.05) is 0 Å². The number of nitrogens with one attached hydrogen (secondary N) is 2. The van der Waals surface area contributed by atoms with Crippen LogP contribution in [0.5, 0.6) is 17.2 Å². The number of hydrogen-bond acceptors (Lipinski definition) is 8. The van der Waals surface area contributed by atoms with E-state index in [2.05, 4.69) is 15.8 Å². The molecule has 3 rings (SSSR count). The molecule has 170 valence electrons. The Morgan fingerprint density at radius 2 is 1.85 bits per heavy atom. The molecule has 10 heteroatoms. The van der Waals surface area contributed by atoms with Gasteiger partial charge in [0.05, 0.1) is 38.8 Å². The number of carbonyl (C=O) groups excluding carboxylic acids is 3. The molecule has 0 aliphatic rings. The van der Waals surface area contributed by atoms with Gasteiger partial charge in [0.2, 0.25) is 0 Å². The lowest BCUT2D eigenvalue weighted by molar-refractivity contribution is -0.120. The first kappa shape index (κ1) is 23.1. The molecule has 0 saturated carbocycles. The highest BCUT2D eigenvalue weighted by atomic mass is 16.6. The number of carbonyl (C=O) groups is 3. The highest BCUT2D eigenvalue weighted by Gasteiger charge is 2.14. The van der Waals surface area contributed by atoms with Crippen molar-refractivity contribution in [1.29, 1.82) is 0 Å². The number of rotatable bonds is 9. The van der Waals surface area contributed by atoms with Gasteiger partial charge in [-0.3, -0.25) is 9.59 Å². The van der Waals surface area contributed by atoms with E-state index in [0.717, 1.165) is 0 Å². The van der Waals surface area contributed by atoms with Crippen LogP contribution in [0.3, 0.4) is 0 Å². The minimum atomic E-state index is -0.572. The van der Waals surface area contributed by atoms with Gasteiger partial charge in [0, 0.05) is 0 Å². The number of ether oxygens (including phenoxy) is 3. The summed E-state index contributed by atoms with van der Waals surface area (Å²) in [6, 6.07) is 14.4. The Morgan fingerprint density at radius 1 is 1.00 bits per heavy atom. The van der Waals surface area contributed by atoms with E-state index in [1.165, 1.54) is 32.8 Å². The van der Waals surface area contributed by atoms with Crippen LogP contribution in [-0.4, -0.2) is 44.8 Å². The summed E-state index contributed by atoms with van der Waals surface area (Å²) in [6.07, 6.45) is 2.74. The Bertz CT molecular complexity index is 1160. The number of amides is 2. The molecular weight excluding hydrogens is 430 g/mol. The highest BCUT2D eigenvalue weighted by molar-refractivity contribution is 5.94. The van der Waals surface area contributed by atoms with Crippen molar-refractivity contribution in [2.45, 2.75) is 0 Å². The van der Waals surface area contributed by atoms with Crippen LogP contribution in [0.25, 0.3) is 0 Å². The summed E-state index contributed by atoms with van der Waals surface area (Å²) >= 11 is 0. The number of furan rings is 1. The van der Waals surface area contributed by atoms with Gasteiger partial charge in [-0.05, 0) is 54.1 Å². The zero-order valence-electron chi connectivity index (χ0n) is 17.9. The standard InChI is InChI=1S/C23H21N3O7/c1-30-17-6-3-5-16(12-17)23(29)33-18-9-8-15(11-20(18)31-2)13-25-26-21(27)14-24-22(28)19-7-4-10-32-19/h3-13H,14H2,1-2H3,(H,24,28)(H,26,27)/b25-13+. The van der Waals surface area contributed by atoms with Crippen molar-refractivity contribution >= 4 is 24.0 Å². The van der Waals surface area contributed by atoms with E-state index in [0.29, 0.717) is 22.6 Å². The molecule has 0 radical (unpaired) electrons. The third kappa shape index (κ3) is 6.44. The molecule has 0 aliphatic carbocycles. The lowest BCUT2D eigenvalue weighted by Crippen LogP contribution is -2.34. The summed E-state index contributed by atoms with van der Waals surface area (Å²) in [5, 5.41) is 6.24. The third-order valence-electron chi connectivity index (χ3n) is 4.25. The number of methoxy groups -OCH3 is 2. The van der Waals surface area contributed by atoms with E-state index in [9.17, 15) is 14.4 Å². The monoisotopic (exact) mass is 451 g/mol. The molecule has 33 heavy (non-hydrogen) atoms. The summed E-state index contributed by atoms with van der Waals surface area (Å²) < 4.78 is 20.8. The Morgan fingerprint density at radius 3 is 2.58 bits per heavy atom. The minimum absolute atomic E-state index is 0.102. The highest BCUT2D eigenvalue weighted by Crippen LogP contribution is 2.28. The van der Waals surface area contributed by atoms with Gasteiger partial charge in [-0.25, -0.2) is 10.2 Å². The quantitative estimate of drug-likeness (QED) is 0.221. The topological polar surface area (TPSA) is 128 Å². The Balaban J connectivity index is 1.56. The van der Waals surface area contributed by atoms with E-state index >= 15 is 0 Å². The zero-order valence-corrected chi connectivity index (χ0v) is 17.9. The fraction of sp³-hybridized carbons (Fsp3) is 0.130. The second kappa shape index (κ2) is 11.1. The Labute approximate surface area is 189 Å². The van der Waals surface area contributed by atoms with Gasteiger partial charge in [-0.2, -0.15) is 5.10 Å². The van der Waals surface area contributed by atoms with E-state index in [1.54, 1.807) is 48.5 Å². The first-order valence-corrected chi connectivity index (χ1v) is 9.68. The van der Waals surface area contributed by atoms with Crippen LogP contribution >= 0.6 is 0 Å². The lowest BCUT2D eigenvalue weighted by Gasteiger charge is -2.10. The number of nitrogens with zero attached hydrogens (tertiary/aromatic N) is 1. The van der Waals surface area contributed by atoms with E-state index < -0.39 is 17.8 Å². The summed E-state index contributed by atoms with van der Waals surface area (Å²) in [5.74, 6) is -0.460. The van der Waals surface area contributed by atoms with Crippen molar-refractivity contribution < 1.29 is 33.0 Å². The number of benzene rings is 2. The smallest absolute Gasteiger partial charge is 0.343 e. The maximum Gasteiger partial charge on any atom is 0.343 e. The van der Waals surface area contributed by atoms with Gasteiger partial charge >= 0.3 is 5.97 Å². The SMILES string of the molecule is COc1cccc(C(=O)Oc2ccc(/C=N/NC(=O)CNC(=O)c3ccco3)cc2OC)c1. The van der Waals surface area contributed by atoms with Crippen molar-refractivity contribution in [2.75, 3.05) is 20.8 Å². The lowest BCUT2D eigenvalue weighted by atomic mass is 10.2. The van der Waals surface area contributed by atoms with Crippen molar-refractivity contribution in [3.63, 3.8) is 0 Å². The van der Waals surface area contributed by atoms with Crippen molar-refractivity contribution in [3.8, 4) is 17.2 Å². The molecule has 0 bridgehead atoms. The van der Waals surface area contributed by atoms with Crippen LogP contribution in [0.4, 0.5) is 0 Å². The molecule has 0 spiro atoms. The van der Waals surface area contributed by atoms with E-state index in [-0.39, 0.29) is 18.1 Å². The normalized spacial score (nSPS) is 10.5. The van der Waals surface area contributed by atoms with Crippen molar-refractivity contribution in [2.24, 2.45) is 5.10 Å². The Kier molecular flexibility index (Phi) is 7.79. The van der Waals surface area contributed by atoms with Crippen molar-refractivity contribution in [1.82, 2.24) is 10.7 Å². The van der Waals surface area contributed by atoms with Gasteiger partial charge in [0.1, 0.15) is 5.75 Å². The van der Waals surface area contributed by atoms with E-state index in [4.69, 9.17) is 18.6 Å². The fourth-order valence-electron chi connectivity index (χ4n) is 2.63. The number of hydrogen-bond donors (Lipinski definition) is 2. The zero-order chi connectivity index (χ0) is 23.6. The maximum absolute atomic E-state index is 12.4. The molecule has 0 unspecified atom stereocenters. The van der Waals surface area contributed by atoms with Gasteiger partial charge < -0.3 is 23.9 Å². The first-order valence-electron chi connectivity index (χ1n) is 9.68. The minimum Gasteiger partial charge on any atom is -0.497 e. The summed E-state index contributed by atoms with van der Waals surface area (Å²) in [6.45, 7) is -0.278. The first-order chi connectivity index (χ1) is 16.0. The number of esters is 1. The molecule has 2 N–H and O–H groups in total. The van der Waals surface area contributed by atoms with Crippen LogP contribution in [0.15, 0.2) is 70.4 Å². The summed E-state index contributed by atoms with van der Waals surface area (Å²) in [7, 11) is 2.94. The Hall–Kier alpha value is -4.60. The molecule has 1 aromatic heterocycles. The molecular formula is C23H21N3O7. The van der Waals surface area contributed by atoms with Crippen molar-refractivity contribution in [3.05, 3.63) is 77.7 Å².